The minimum Gasteiger partial charge on any atom is -0.310 e. The zero-order valence-corrected chi connectivity index (χ0v) is 21.9. The number of benzene rings is 3. The molecule has 8 nitrogen and oxygen atoms in total. The van der Waals surface area contributed by atoms with Crippen LogP contribution in [0, 0.1) is 20.8 Å². The van der Waals surface area contributed by atoms with Gasteiger partial charge in [0.15, 0.2) is 11.5 Å². The number of carbonyl (C=O) groups is 1. The van der Waals surface area contributed by atoms with Gasteiger partial charge in [-0.1, -0.05) is 72.8 Å². The number of nitrogens with zero attached hydrogens (tertiary/aromatic N) is 6. The lowest BCUT2D eigenvalue weighted by atomic mass is 9.90. The number of aryl methyl sites for hydroxylation is 2. The molecule has 0 radical (unpaired) electrons. The lowest BCUT2D eigenvalue weighted by Gasteiger charge is -2.18. The van der Waals surface area contributed by atoms with Gasteiger partial charge < -0.3 is 5.32 Å². The van der Waals surface area contributed by atoms with E-state index < -0.39 is 5.92 Å². The molecular weight excluding hydrogens is 486 g/mol. The highest BCUT2D eigenvalue weighted by molar-refractivity contribution is 5.98. The molecule has 6 rings (SSSR count). The van der Waals surface area contributed by atoms with Crippen LogP contribution in [0.3, 0.4) is 0 Å². The Kier molecular flexibility index (Phi) is 6.20. The number of rotatable bonds is 6. The van der Waals surface area contributed by atoms with Gasteiger partial charge in [-0.2, -0.15) is 14.9 Å². The number of aromatic nitrogens is 6. The first kappa shape index (κ1) is 24.2. The molecule has 0 bridgehead atoms. The summed E-state index contributed by atoms with van der Waals surface area (Å²) in [5.74, 6) is 0.406. The van der Waals surface area contributed by atoms with E-state index in [2.05, 4.69) is 45.4 Å². The third-order valence-electron chi connectivity index (χ3n) is 6.96. The van der Waals surface area contributed by atoms with Gasteiger partial charge in [-0.25, -0.2) is 14.6 Å². The average molecular weight is 514 g/mol. The fraction of sp³-hybridized carbons (Fsp3) is 0.129. The predicted molar refractivity (Wildman–Crippen MR) is 151 cm³/mol. The van der Waals surface area contributed by atoms with Crippen LogP contribution in [0.25, 0.3) is 22.5 Å². The summed E-state index contributed by atoms with van der Waals surface area (Å²) in [6.45, 7) is 6.03. The van der Waals surface area contributed by atoms with Crippen LogP contribution in [-0.4, -0.2) is 35.4 Å². The maximum Gasteiger partial charge on any atom is 0.237 e. The van der Waals surface area contributed by atoms with E-state index in [4.69, 9.17) is 0 Å². The molecule has 1 amide bonds. The first-order valence-corrected chi connectivity index (χ1v) is 12.7. The minimum absolute atomic E-state index is 0.162. The Morgan fingerprint density at radius 3 is 2.21 bits per heavy atom. The van der Waals surface area contributed by atoms with Gasteiger partial charge in [-0.3, -0.25) is 4.79 Å². The van der Waals surface area contributed by atoms with Gasteiger partial charge in [0.05, 0.1) is 28.9 Å². The molecule has 39 heavy (non-hydrogen) atoms. The zero-order chi connectivity index (χ0) is 26.9. The molecule has 0 unspecified atom stereocenters. The van der Waals surface area contributed by atoms with Crippen LogP contribution < -0.4 is 5.32 Å². The second-order valence-corrected chi connectivity index (χ2v) is 9.54. The molecule has 3 heterocycles. The van der Waals surface area contributed by atoms with Crippen LogP contribution in [0.15, 0.2) is 97.5 Å². The SMILES string of the molecule is Cc1cc(NC(=O)C(c2ccccc2)c2ccccc2)n(-c2ncnc3c2cnn3-c2cccc(C)c2C)n1. The molecule has 6 aromatic rings. The van der Waals surface area contributed by atoms with Crippen LogP contribution >= 0.6 is 0 Å². The number of hydrogen-bond acceptors (Lipinski definition) is 5. The average Bonchev–Trinajstić information content (AvgIpc) is 3.54. The Morgan fingerprint density at radius 1 is 0.821 bits per heavy atom. The molecule has 0 aliphatic heterocycles. The lowest BCUT2D eigenvalue weighted by Crippen LogP contribution is -2.23. The number of carbonyl (C=O) groups excluding carboxylic acids is 1. The largest absolute Gasteiger partial charge is 0.310 e. The van der Waals surface area contributed by atoms with Crippen LogP contribution in [0.4, 0.5) is 5.82 Å². The summed E-state index contributed by atoms with van der Waals surface area (Å²) < 4.78 is 3.47. The molecule has 8 heteroatoms. The summed E-state index contributed by atoms with van der Waals surface area (Å²) >= 11 is 0. The topological polar surface area (TPSA) is 90.5 Å². The van der Waals surface area contributed by atoms with Gasteiger partial charge in [-0.15, -0.1) is 0 Å². The zero-order valence-electron chi connectivity index (χ0n) is 21.9. The van der Waals surface area contributed by atoms with Gasteiger partial charge in [0, 0.05) is 6.07 Å². The lowest BCUT2D eigenvalue weighted by molar-refractivity contribution is -0.116. The van der Waals surface area contributed by atoms with E-state index in [1.165, 1.54) is 11.9 Å². The highest BCUT2D eigenvalue weighted by atomic mass is 16.2. The third-order valence-corrected chi connectivity index (χ3v) is 6.96. The summed E-state index contributed by atoms with van der Waals surface area (Å²) in [5.41, 5.74) is 6.46. The number of hydrogen-bond donors (Lipinski definition) is 1. The molecule has 0 aliphatic rings. The van der Waals surface area contributed by atoms with E-state index >= 15 is 0 Å². The van der Waals surface area contributed by atoms with Gasteiger partial charge in [0.25, 0.3) is 0 Å². The minimum atomic E-state index is -0.492. The molecular formula is C31H27N7O. The number of fused-ring (bicyclic) bond motifs is 1. The number of anilines is 1. The number of amides is 1. The second kappa shape index (κ2) is 9.98. The number of nitrogens with one attached hydrogen (secondary N) is 1. The van der Waals surface area contributed by atoms with Crippen LogP contribution in [0.5, 0.6) is 0 Å². The van der Waals surface area contributed by atoms with Crippen LogP contribution in [0.2, 0.25) is 0 Å². The summed E-state index contributed by atoms with van der Waals surface area (Å²) in [5, 5.41) is 13.2. The summed E-state index contributed by atoms with van der Waals surface area (Å²) in [6.07, 6.45) is 3.24. The molecule has 3 aromatic carbocycles. The first-order valence-electron chi connectivity index (χ1n) is 12.7. The summed E-state index contributed by atoms with van der Waals surface area (Å²) in [6, 6.07) is 27.5. The van der Waals surface area contributed by atoms with Crippen molar-refractivity contribution in [1.82, 2.24) is 29.5 Å². The molecule has 0 saturated heterocycles. The molecule has 0 aliphatic carbocycles. The molecule has 0 spiro atoms. The van der Waals surface area contributed by atoms with E-state index in [1.807, 2.05) is 90.5 Å². The molecule has 192 valence electrons. The van der Waals surface area contributed by atoms with E-state index in [9.17, 15) is 4.79 Å². The highest BCUT2D eigenvalue weighted by Crippen LogP contribution is 2.29. The molecule has 0 saturated carbocycles. The Hall–Kier alpha value is -5.11. The highest BCUT2D eigenvalue weighted by Gasteiger charge is 2.25. The van der Waals surface area contributed by atoms with Crippen LogP contribution in [-0.2, 0) is 4.79 Å². The van der Waals surface area contributed by atoms with Crippen molar-refractivity contribution in [2.24, 2.45) is 0 Å². The summed E-state index contributed by atoms with van der Waals surface area (Å²) in [4.78, 5) is 22.9. The smallest absolute Gasteiger partial charge is 0.237 e. The van der Waals surface area contributed by atoms with E-state index in [0.717, 1.165) is 33.5 Å². The first-order chi connectivity index (χ1) is 19.0. The van der Waals surface area contributed by atoms with Gasteiger partial charge in [-0.05, 0) is 49.1 Å². The normalized spacial score (nSPS) is 11.3. The van der Waals surface area contributed by atoms with Gasteiger partial charge in [0.2, 0.25) is 5.91 Å². The fourth-order valence-electron chi connectivity index (χ4n) is 4.88. The maximum atomic E-state index is 13.8. The van der Waals surface area contributed by atoms with Crippen molar-refractivity contribution < 1.29 is 4.79 Å². The van der Waals surface area contributed by atoms with Gasteiger partial charge in [0.1, 0.15) is 12.1 Å². The second-order valence-electron chi connectivity index (χ2n) is 9.54. The van der Waals surface area contributed by atoms with Crippen molar-refractivity contribution in [1.29, 1.82) is 0 Å². The molecule has 1 N–H and O–H groups in total. The monoisotopic (exact) mass is 513 g/mol. The Morgan fingerprint density at radius 2 is 1.51 bits per heavy atom. The Bertz CT molecular complexity index is 1750. The van der Waals surface area contributed by atoms with E-state index in [-0.39, 0.29) is 5.91 Å². The van der Waals surface area contributed by atoms with E-state index in [1.54, 1.807) is 10.9 Å². The van der Waals surface area contributed by atoms with Crippen LogP contribution in [0.1, 0.15) is 33.9 Å². The van der Waals surface area contributed by atoms with Crippen molar-refractivity contribution in [3.63, 3.8) is 0 Å². The Balaban J connectivity index is 1.41. The Labute approximate surface area is 226 Å². The standard InChI is InChI=1S/C31H27N7O/c1-20-11-10-16-26(22(20)3)37-29-25(18-34-37)30(33-19-32-29)38-27(17-21(2)36-38)35-31(39)28(23-12-6-4-7-13-23)24-14-8-5-9-15-24/h4-19,28H,1-3H3,(H,35,39). The third kappa shape index (κ3) is 4.46. The molecule has 0 fully saturated rings. The predicted octanol–water partition coefficient (Wildman–Crippen LogP) is 5.70. The summed E-state index contributed by atoms with van der Waals surface area (Å²) in [7, 11) is 0. The van der Waals surface area contributed by atoms with Crippen molar-refractivity contribution in [3.05, 3.63) is 125 Å². The van der Waals surface area contributed by atoms with Crippen molar-refractivity contribution >= 4 is 22.8 Å². The van der Waals surface area contributed by atoms with Crippen molar-refractivity contribution in [3.8, 4) is 11.5 Å². The fourth-order valence-corrected chi connectivity index (χ4v) is 4.88. The van der Waals surface area contributed by atoms with Crippen molar-refractivity contribution in [2.75, 3.05) is 5.32 Å². The molecule has 0 atom stereocenters. The molecule has 3 aromatic heterocycles. The van der Waals surface area contributed by atoms with E-state index in [0.29, 0.717) is 17.3 Å². The van der Waals surface area contributed by atoms with Gasteiger partial charge >= 0.3 is 0 Å². The maximum absolute atomic E-state index is 13.8. The quantitative estimate of drug-likeness (QED) is 0.309. The van der Waals surface area contributed by atoms with Crippen molar-refractivity contribution in [2.45, 2.75) is 26.7 Å².